The Bertz CT molecular complexity index is 619. The van der Waals surface area contributed by atoms with Crippen molar-refractivity contribution >= 4 is 23.5 Å². The van der Waals surface area contributed by atoms with Crippen LogP contribution in [0.3, 0.4) is 0 Å². The van der Waals surface area contributed by atoms with Gasteiger partial charge in [0.25, 0.3) is 0 Å². The van der Waals surface area contributed by atoms with Gasteiger partial charge in [-0.1, -0.05) is 39.0 Å². The number of amides is 2. The van der Waals surface area contributed by atoms with Crippen molar-refractivity contribution in [1.29, 1.82) is 0 Å². The van der Waals surface area contributed by atoms with Crippen molar-refractivity contribution in [3.05, 3.63) is 29.8 Å². The van der Waals surface area contributed by atoms with Gasteiger partial charge in [0.1, 0.15) is 6.04 Å². The maximum Gasteiger partial charge on any atom is 0.326 e. The second-order valence-electron chi connectivity index (χ2n) is 6.54. The number of carbonyl (C=O) groups is 3. The third kappa shape index (κ3) is 3.27. The van der Waals surface area contributed by atoms with Crippen LogP contribution >= 0.6 is 0 Å². The minimum Gasteiger partial charge on any atom is -0.480 e. The van der Waals surface area contributed by atoms with Gasteiger partial charge in [-0.2, -0.15) is 0 Å². The zero-order valence-electron chi connectivity index (χ0n) is 12.8. The first-order chi connectivity index (χ1) is 10.2. The van der Waals surface area contributed by atoms with Gasteiger partial charge >= 0.3 is 5.97 Å². The molecular formula is C16H20N2O4. The monoisotopic (exact) mass is 304 g/mol. The molecule has 6 nitrogen and oxygen atoms in total. The lowest BCUT2D eigenvalue weighted by molar-refractivity contribution is -0.145. The largest absolute Gasteiger partial charge is 0.480 e. The van der Waals surface area contributed by atoms with E-state index in [0.717, 1.165) is 0 Å². The average Bonchev–Trinajstić information content (AvgIpc) is 2.41. The van der Waals surface area contributed by atoms with Crippen LogP contribution in [-0.2, 0) is 14.4 Å². The minimum absolute atomic E-state index is 0.0132. The molecule has 2 rings (SSSR count). The van der Waals surface area contributed by atoms with E-state index in [2.05, 4.69) is 10.6 Å². The second kappa shape index (κ2) is 5.79. The van der Waals surface area contributed by atoms with E-state index in [1.54, 1.807) is 45.0 Å². The van der Waals surface area contributed by atoms with Gasteiger partial charge in [-0.05, 0) is 17.0 Å². The summed E-state index contributed by atoms with van der Waals surface area (Å²) >= 11 is 0. The van der Waals surface area contributed by atoms with Crippen molar-refractivity contribution in [2.75, 3.05) is 5.32 Å². The molecule has 118 valence electrons. The number of hydrogen-bond donors (Lipinski definition) is 3. The Morgan fingerprint density at radius 2 is 1.95 bits per heavy atom. The zero-order chi connectivity index (χ0) is 16.5. The number of para-hydroxylation sites is 1. The fourth-order valence-corrected chi connectivity index (χ4v) is 2.54. The third-order valence-corrected chi connectivity index (χ3v) is 3.72. The Balaban J connectivity index is 2.26. The summed E-state index contributed by atoms with van der Waals surface area (Å²) in [4.78, 5) is 35.6. The van der Waals surface area contributed by atoms with Crippen LogP contribution < -0.4 is 10.6 Å². The summed E-state index contributed by atoms with van der Waals surface area (Å²) in [7, 11) is 0. The van der Waals surface area contributed by atoms with Gasteiger partial charge in [0.2, 0.25) is 11.8 Å². The number of anilines is 1. The number of aliphatic carboxylic acids is 1. The molecule has 0 aliphatic carbocycles. The molecular weight excluding hydrogens is 284 g/mol. The highest BCUT2D eigenvalue weighted by molar-refractivity contribution is 6.01. The highest BCUT2D eigenvalue weighted by atomic mass is 16.4. The molecule has 0 spiro atoms. The van der Waals surface area contributed by atoms with Crippen LogP contribution in [0.2, 0.25) is 0 Å². The van der Waals surface area contributed by atoms with Gasteiger partial charge in [0.05, 0.1) is 5.92 Å². The van der Waals surface area contributed by atoms with Crippen molar-refractivity contribution < 1.29 is 19.5 Å². The first-order valence-electron chi connectivity index (χ1n) is 7.12. The molecule has 0 saturated carbocycles. The highest BCUT2D eigenvalue weighted by Gasteiger charge is 2.37. The molecule has 3 N–H and O–H groups in total. The van der Waals surface area contributed by atoms with Gasteiger partial charge in [-0.15, -0.1) is 0 Å². The van der Waals surface area contributed by atoms with E-state index in [4.69, 9.17) is 0 Å². The molecule has 0 radical (unpaired) electrons. The molecule has 6 heteroatoms. The van der Waals surface area contributed by atoms with Crippen molar-refractivity contribution in [1.82, 2.24) is 5.32 Å². The zero-order valence-corrected chi connectivity index (χ0v) is 12.8. The predicted octanol–water partition coefficient (Wildman–Crippen LogP) is 1.73. The first-order valence-corrected chi connectivity index (χ1v) is 7.12. The topological polar surface area (TPSA) is 95.5 Å². The lowest BCUT2D eigenvalue weighted by Gasteiger charge is -2.31. The lowest BCUT2D eigenvalue weighted by atomic mass is 9.85. The van der Waals surface area contributed by atoms with E-state index < -0.39 is 29.3 Å². The molecule has 1 aromatic rings. The van der Waals surface area contributed by atoms with Crippen LogP contribution in [-0.4, -0.2) is 28.9 Å². The second-order valence-corrected chi connectivity index (χ2v) is 6.54. The van der Waals surface area contributed by atoms with E-state index in [1.165, 1.54) is 0 Å². The number of hydrogen-bond acceptors (Lipinski definition) is 3. The van der Waals surface area contributed by atoms with Gasteiger partial charge in [0.15, 0.2) is 0 Å². The number of nitrogens with one attached hydrogen (secondary N) is 2. The molecule has 2 amide bonds. The Morgan fingerprint density at radius 1 is 1.32 bits per heavy atom. The third-order valence-electron chi connectivity index (χ3n) is 3.72. The van der Waals surface area contributed by atoms with Gasteiger partial charge in [-0.3, -0.25) is 9.59 Å². The molecule has 22 heavy (non-hydrogen) atoms. The summed E-state index contributed by atoms with van der Waals surface area (Å²) in [5.41, 5.74) is 0.678. The van der Waals surface area contributed by atoms with E-state index in [9.17, 15) is 19.5 Å². The van der Waals surface area contributed by atoms with Crippen LogP contribution in [0.4, 0.5) is 5.69 Å². The fraction of sp³-hybridized carbons (Fsp3) is 0.438. The van der Waals surface area contributed by atoms with E-state index in [1.807, 2.05) is 0 Å². The maximum atomic E-state index is 12.5. The molecule has 2 atom stereocenters. The minimum atomic E-state index is -1.09. The standard InChI is InChI=1S/C16H20N2O4/c1-16(2,3)13(15(21)22)18-14(20)10-8-12(19)17-11-7-5-4-6-9(10)11/h4-7,10,13H,8H2,1-3H3,(H,17,19)(H,18,20)(H,21,22). The number of carboxylic acid groups (broad SMARTS) is 1. The molecule has 1 heterocycles. The maximum absolute atomic E-state index is 12.5. The van der Waals surface area contributed by atoms with Crippen molar-refractivity contribution in [2.45, 2.75) is 39.2 Å². The molecule has 1 aliphatic rings. The Hall–Kier alpha value is -2.37. The first kappa shape index (κ1) is 16.0. The molecule has 1 aromatic carbocycles. The number of fused-ring (bicyclic) bond motifs is 1. The Morgan fingerprint density at radius 3 is 2.55 bits per heavy atom. The number of rotatable bonds is 3. The molecule has 1 aliphatic heterocycles. The van der Waals surface area contributed by atoms with E-state index >= 15 is 0 Å². The van der Waals surface area contributed by atoms with Gasteiger partial charge in [-0.25, -0.2) is 4.79 Å². The molecule has 0 saturated heterocycles. The molecule has 0 aromatic heterocycles. The van der Waals surface area contributed by atoms with Gasteiger partial charge < -0.3 is 15.7 Å². The van der Waals surface area contributed by atoms with Crippen LogP contribution in [0.25, 0.3) is 0 Å². The van der Waals surface area contributed by atoms with E-state index in [0.29, 0.717) is 11.3 Å². The fourth-order valence-electron chi connectivity index (χ4n) is 2.54. The number of carbonyl (C=O) groups excluding carboxylic acids is 2. The highest BCUT2D eigenvalue weighted by Crippen LogP contribution is 2.32. The summed E-state index contributed by atoms with van der Waals surface area (Å²) in [5.74, 6) is -2.45. The summed E-state index contributed by atoms with van der Waals surface area (Å²) in [5, 5.41) is 14.6. The van der Waals surface area contributed by atoms with Gasteiger partial charge in [0, 0.05) is 12.1 Å². The molecule has 2 unspecified atom stereocenters. The average molecular weight is 304 g/mol. The summed E-state index contributed by atoms with van der Waals surface area (Å²) in [6.45, 7) is 5.23. The number of benzene rings is 1. The van der Waals surface area contributed by atoms with Crippen LogP contribution in [0.15, 0.2) is 24.3 Å². The Labute approximate surface area is 128 Å². The predicted molar refractivity (Wildman–Crippen MR) is 81.5 cm³/mol. The van der Waals surface area contributed by atoms with Crippen molar-refractivity contribution in [3.8, 4) is 0 Å². The Kier molecular flexibility index (Phi) is 4.21. The van der Waals surface area contributed by atoms with Crippen molar-refractivity contribution in [3.63, 3.8) is 0 Å². The summed E-state index contributed by atoms with van der Waals surface area (Å²) in [6, 6.07) is 6.04. The quantitative estimate of drug-likeness (QED) is 0.792. The summed E-state index contributed by atoms with van der Waals surface area (Å²) in [6.07, 6.45) is 0.0132. The SMILES string of the molecule is CC(C)(C)C(NC(=O)C1CC(=O)Nc2ccccc21)C(=O)O. The van der Waals surface area contributed by atoms with E-state index in [-0.39, 0.29) is 12.3 Å². The van der Waals surface area contributed by atoms with Crippen LogP contribution in [0.1, 0.15) is 38.7 Å². The molecule has 0 bridgehead atoms. The van der Waals surface area contributed by atoms with Crippen LogP contribution in [0, 0.1) is 5.41 Å². The smallest absolute Gasteiger partial charge is 0.326 e. The molecule has 0 fully saturated rings. The normalized spacial score (nSPS) is 18.9. The lowest BCUT2D eigenvalue weighted by Crippen LogP contribution is -2.51. The summed E-state index contributed by atoms with van der Waals surface area (Å²) < 4.78 is 0. The van der Waals surface area contributed by atoms with Crippen molar-refractivity contribution in [2.24, 2.45) is 5.41 Å². The number of carboxylic acids is 1. The van der Waals surface area contributed by atoms with Crippen LogP contribution in [0.5, 0.6) is 0 Å².